The summed E-state index contributed by atoms with van der Waals surface area (Å²) < 4.78 is 25.6. The van der Waals surface area contributed by atoms with Crippen molar-refractivity contribution in [1.82, 2.24) is 5.32 Å². The topological polar surface area (TPSA) is 67.8 Å². The molecule has 1 saturated heterocycles. The molecule has 8 heteroatoms. The lowest BCUT2D eigenvalue weighted by atomic mass is 9.77. The predicted molar refractivity (Wildman–Crippen MR) is 95.8 cm³/mol. The molecule has 1 aromatic rings. The first-order chi connectivity index (χ1) is 11.4. The molecule has 2 rings (SSSR count). The fourth-order valence-corrected chi connectivity index (χ4v) is 2.53. The van der Waals surface area contributed by atoms with Gasteiger partial charge >= 0.3 is 7.12 Å². The SMILES string of the molecule is CC(=O)NCC(=Cc1cc(F)cc(Cl)c1O)B1OC(C)(C)C(C)(C)O1. The normalized spacial score (nSPS) is 19.2. The predicted octanol–water partition coefficient (Wildman–Crippen LogP) is 3.34. The number of hydrogen-bond acceptors (Lipinski definition) is 4. The average Bonchev–Trinajstić information content (AvgIpc) is 2.68. The number of carbonyl (C=O) groups is 1. The Morgan fingerprint density at radius 3 is 2.40 bits per heavy atom. The van der Waals surface area contributed by atoms with Crippen LogP contribution in [0.3, 0.4) is 0 Å². The highest BCUT2D eigenvalue weighted by atomic mass is 35.5. The molecule has 1 heterocycles. The lowest BCUT2D eigenvalue weighted by Gasteiger charge is -2.32. The molecule has 1 aromatic carbocycles. The van der Waals surface area contributed by atoms with Crippen LogP contribution in [0.2, 0.25) is 5.02 Å². The summed E-state index contributed by atoms with van der Waals surface area (Å²) in [5.74, 6) is -1.06. The summed E-state index contributed by atoms with van der Waals surface area (Å²) in [6.45, 7) is 9.12. The fourth-order valence-electron chi connectivity index (χ4n) is 2.32. The third-order valence-electron chi connectivity index (χ3n) is 4.50. The molecule has 0 aliphatic carbocycles. The van der Waals surface area contributed by atoms with Crippen LogP contribution in [0.1, 0.15) is 40.2 Å². The molecular formula is C17H22BClFNO4. The molecule has 5 nitrogen and oxygen atoms in total. The molecule has 0 aromatic heterocycles. The number of nitrogens with one attached hydrogen (secondary N) is 1. The number of hydrogen-bond donors (Lipinski definition) is 2. The Hall–Kier alpha value is -1.57. The van der Waals surface area contributed by atoms with Crippen molar-refractivity contribution in [2.75, 3.05) is 6.54 Å². The smallest absolute Gasteiger partial charge is 0.492 e. The van der Waals surface area contributed by atoms with Gasteiger partial charge in [0.05, 0.1) is 16.2 Å². The molecule has 0 radical (unpaired) electrons. The summed E-state index contributed by atoms with van der Waals surface area (Å²) in [4.78, 5) is 11.3. The Bertz CT molecular complexity index is 705. The highest BCUT2D eigenvalue weighted by Crippen LogP contribution is 2.39. The van der Waals surface area contributed by atoms with Crippen molar-refractivity contribution in [3.63, 3.8) is 0 Å². The summed E-state index contributed by atoms with van der Waals surface area (Å²) in [5, 5.41) is 12.7. The van der Waals surface area contributed by atoms with E-state index in [4.69, 9.17) is 20.9 Å². The summed E-state index contributed by atoms with van der Waals surface area (Å²) in [6, 6.07) is 2.18. The minimum atomic E-state index is -0.752. The van der Waals surface area contributed by atoms with Gasteiger partial charge < -0.3 is 19.7 Å². The first kappa shape index (κ1) is 19.8. The van der Waals surface area contributed by atoms with Crippen LogP contribution in [0.25, 0.3) is 6.08 Å². The van der Waals surface area contributed by atoms with Crippen molar-refractivity contribution < 1.29 is 23.6 Å². The van der Waals surface area contributed by atoms with E-state index in [0.29, 0.717) is 5.47 Å². The van der Waals surface area contributed by atoms with Gasteiger partial charge in [-0.15, -0.1) is 0 Å². The lowest BCUT2D eigenvalue weighted by Crippen LogP contribution is -2.41. The molecule has 1 fully saturated rings. The Kier molecular flexibility index (Phi) is 5.51. The van der Waals surface area contributed by atoms with Gasteiger partial charge in [-0.3, -0.25) is 4.79 Å². The van der Waals surface area contributed by atoms with Gasteiger partial charge in [0.25, 0.3) is 0 Å². The minimum Gasteiger partial charge on any atom is -0.506 e. The maximum absolute atomic E-state index is 13.6. The average molecular weight is 370 g/mol. The second-order valence-electron chi connectivity index (χ2n) is 7.04. The summed E-state index contributed by atoms with van der Waals surface area (Å²) in [7, 11) is -0.752. The number of amides is 1. The van der Waals surface area contributed by atoms with Crippen LogP contribution in [0.4, 0.5) is 4.39 Å². The summed E-state index contributed by atoms with van der Waals surface area (Å²) in [6.07, 6.45) is 1.52. The summed E-state index contributed by atoms with van der Waals surface area (Å²) >= 11 is 5.83. The van der Waals surface area contributed by atoms with Crippen LogP contribution >= 0.6 is 11.6 Å². The number of phenols is 1. The van der Waals surface area contributed by atoms with E-state index in [0.717, 1.165) is 12.1 Å². The molecular weight excluding hydrogens is 347 g/mol. The van der Waals surface area contributed by atoms with E-state index in [1.54, 1.807) is 0 Å². The first-order valence-corrected chi connectivity index (χ1v) is 8.29. The molecule has 0 spiro atoms. The van der Waals surface area contributed by atoms with E-state index in [1.165, 1.54) is 13.0 Å². The molecule has 1 aliphatic rings. The number of benzene rings is 1. The third kappa shape index (κ3) is 4.34. The van der Waals surface area contributed by atoms with Gasteiger partial charge in [-0.25, -0.2) is 4.39 Å². The highest BCUT2D eigenvalue weighted by Gasteiger charge is 2.52. The van der Waals surface area contributed by atoms with Crippen molar-refractivity contribution in [2.24, 2.45) is 0 Å². The summed E-state index contributed by atoms with van der Waals surface area (Å²) in [5.41, 5.74) is -0.436. The van der Waals surface area contributed by atoms with Gasteiger partial charge in [0.1, 0.15) is 11.6 Å². The zero-order chi connectivity index (χ0) is 19.0. The van der Waals surface area contributed by atoms with E-state index < -0.39 is 24.1 Å². The Labute approximate surface area is 152 Å². The number of carbonyl (C=O) groups excluding carboxylic acids is 1. The minimum absolute atomic E-state index is 0.0981. The van der Waals surface area contributed by atoms with Crippen molar-refractivity contribution in [2.45, 2.75) is 45.8 Å². The van der Waals surface area contributed by atoms with Crippen LogP contribution in [-0.4, -0.2) is 35.9 Å². The fraction of sp³-hybridized carbons (Fsp3) is 0.471. The van der Waals surface area contributed by atoms with Gasteiger partial charge in [-0.05, 0) is 45.3 Å². The number of rotatable bonds is 4. The van der Waals surface area contributed by atoms with Crippen molar-refractivity contribution in [3.8, 4) is 5.75 Å². The zero-order valence-electron chi connectivity index (χ0n) is 14.9. The number of aromatic hydroxyl groups is 1. The van der Waals surface area contributed by atoms with Gasteiger partial charge in [-0.1, -0.05) is 17.7 Å². The Balaban J connectivity index is 2.42. The number of halogens is 2. The van der Waals surface area contributed by atoms with E-state index >= 15 is 0 Å². The van der Waals surface area contributed by atoms with Crippen LogP contribution in [0.5, 0.6) is 5.75 Å². The molecule has 0 atom stereocenters. The van der Waals surface area contributed by atoms with Crippen LogP contribution in [0.15, 0.2) is 17.6 Å². The van der Waals surface area contributed by atoms with Gasteiger partial charge in [0.2, 0.25) is 5.91 Å². The maximum Gasteiger partial charge on any atom is 0.492 e. The molecule has 136 valence electrons. The molecule has 0 saturated carbocycles. The Morgan fingerprint density at radius 1 is 1.32 bits per heavy atom. The van der Waals surface area contributed by atoms with Crippen molar-refractivity contribution in [3.05, 3.63) is 34.0 Å². The van der Waals surface area contributed by atoms with Crippen molar-refractivity contribution in [1.29, 1.82) is 0 Å². The van der Waals surface area contributed by atoms with Gasteiger partial charge in [-0.2, -0.15) is 0 Å². The van der Waals surface area contributed by atoms with Gasteiger partial charge in [0, 0.05) is 19.0 Å². The molecule has 25 heavy (non-hydrogen) atoms. The Morgan fingerprint density at radius 2 is 1.88 bits per heavy atom. The molecule has 1 aliphatic heterocycles. The molecule has 2 N–H and O–H groups in total. The zero-order valence-corrected chi connectivity index (χ0v) is 15.7. The maximum atomic E-state index is 13.6. The van der Waals surface area contributed by atoms with Crippen LogP contribution in [-0.2, 0) is 14.1 Å². The lowest BCUT2D eigenvalue weighted by molar-refractivity contribution is -0.118. The third-order valence-corrected chi connectivity index (χ3v) is 4.78. The quantitative estimate of drug-likeness (QED) is 0.799. The van der Waals surface area contributed by atoms with Crippen molar-refractivity contribution >= 4 is 30.7 Å². The second kappa shape index (κ2) is 6.98. The monoisotopic (exact) mass is 369 g/mol. The standard InChI is InChI=1S/C17H22BClFNO4/c1-10(22)21-9-12(18-24-16(2,3)17(4,5)25-18)6-11-7-13(20)8-14(19)15(11)23/h6-8,23H,9H2,1-5H3,(H,21,22). The van der Waals surface area contributed by atoms with E-state index in [2.05, 4.69) is 5.32 Å². The van der Waals surface area contributed by atoms with E-state index in [-0.39, 0.29) is 28.8 Å². The molecule has 1 amide bonds. The van der Waals surface area contributed by atoms with Gasteiger partial charge in [0.15, 0.2) is 0 Å². The largest absolute Gasteiger partial charge is 0.506 e. The number of phenolic OH excluding ortho intramolecular Hbond substituents is 1. The second-order valence-corrected chi connectivity index (χ2v) is 7.45. The highest BCUT2D eigenvalue weighted by molar-refractivity contribution is 6.56. The first-order valence-electron chi connectivity index (χ1n) is 7.91. The van der Waals surface area contributed by atoms with E-state index in [9.17, 15) is 14.3 Å². The molecule has 0 bridgehead atoms. The molecule has 0 unspecified atom stereocenters. The van der Waals surface area contributed by atoms with Crippen LogP contribution < -0.4 is 5.32 Å². The van der Waals surface area contributed by atoms with Crippen LogP contribution in [0, 0.1) is 5.82 Å². The van der Waals surface area contributed by atoms with E-state index in [1.807, 2.05) is 27.7 Å².